The fourth-order valence-corrected chi connectivity index (χ4v) is 1.83. The van der Waals surface area contributed by atoms with Gasteiger partial charge in [0, 0.05) is 26.7 Å². The number of carboxylic acid groups (broad SMARTS) is 1. The fourth-order valence-electron chi connectivity index (χ4n) is 1.83. The highest BCUT2D eigenvalue weighted by Gasteiger charge is 2.26. The van der Waals surface area contributed by atoms with Crippen LogP contribution in [0.4, 0.5) is 0 Å². The van der Waals surface area contributed by atoms with Crippen LogP contribution in [0.25, 0.3) is 0 Å². The van der Waals surface area contributed by atoms with Gasteiger partial charge in [-0.2, -0.15) is 0 Å². The van der Waals surface area contributed by atoms with Crippen LogP contribution in [0.1, 0.15) is 19.8 Å². The molecule has 0 bridgehead atoms. The number of aliphatic carboxylic acids is 1. The van der Waals surface area contributed by atoms with Crippen LogP contribution in [-0.4, -0.2) is 59.5 Å². The topological polar surface area (TPSA) is 60.9 Å². The van der Waals surface area contributed by atoms with Crippen molar-refractivity contribution in [3.63, 3.8) is 0 Å². The highest BCUT2D eigenvalue weighted by atomic mass is 16.4. The number of carbonyl (C=O) groups excluding carboxylic acids is 1. The number of amides is 1. The molecule has 0 aliphatic carbocycles. The van der Waals surface area contributed by atoms with Crippen LogP contribution in [0, 0.1) is 0 Å². The van der Waals surface area contributed by atoms with Gasteiger partial charge < -0.3 is 10.0 Å². The van der Waals surface area contributed by atoms with E-state index >= 15 is 0 Å². The predicted octanol–water partition coefficient (Wildman–Crippen LogP) is 0.0137. The second kappa shape index (κ2) is 5.11. The number of carbonyl (C=O) groups is 2. The van der Waals surface area contributed by atoms with Crippen LogP contribution in [-0.2, 0) is 9.59 Å². The molecule has 1 aliphatic heterocycles. The van der Waals surface area contributed by atoms with Crippen molar-refractivity contribution in [3.8, 4) is 0 Å². The molecule has 5 nitrogen and oxygen atoms in total. The van der Waals surface area contributed by atoms with Gasteiger partial charge in [0.05, 0.1) is 12.5 Å². The molecule has 0 aromatic rings. The third kappa shape index (κ3) is 3.20. The lowest BCUT2D eigenvalue weighted by Crippen LogP contribution is -2.43. The molecule has 1 aliphatic rings. The summed E-state index contributed by atoms with van der Waals surface area (Å²) in [4.78, 5) is 25.9. The summed E-state index contributed by atoms with van der Waals surface area (Å²) in [6.45, 7) is 3.85. The van der Waals surface area contributed by atoms with Crippen LogP contribution in [0.15, 0.2) is 0 Å². The molecule has 0 saturated carbocycles. The molecule has 1 unspecified atom stereocenters. The lowest BCUT2D eigenvalue weighted by atomic mass is 10.2. The first-order chi connectivity index (χ1) is 7.02. The molecule has 0 aromatic carbocycles. The number of rotatable bonds is 3. The largest absolute Gasteiger partial charge is 0.481 e. The van der Waals surface area contributed by atoms with E-state index < -0.39 is 5.97 Å². The summed E-state index contributed by atoms with van der Waals surface area (Å²) in [5.74, 6) is -0.731. The van der Waals surface area contributed by atoms with Crippen LogP contribution in [0.3, 0.4) is 0 Å². The number of nitrogens with zero attached hydrogens (tertiary/aromatic N) is 2. The van der Waals surface area contributed by atoms with E-state index in [2.05, 4.69) is 0 Å². The first-order valence-electron chi connectivity index (χ1n) is 5.23. The van der Waals surface area contributed by atoms with Gasteiger partial charge in [0.15, 0.2) is 0 Å². The normalized spacial score (nSPS) is 24.0. The van der Waals surface area contributed by atoms with Crippen LogP contribution in [0.2, 0.25) is 0 Å². The Bertz CT molecular complexity index is 255. The number of hydrogen-bond donors (Lipinski definition) is 1. The van der Waals surface area contributed by atoms with Crippen molar-refractivity contribution in [2.24, 2.45) is 0 Å². The van der Waals surface area contributed by atoms with Gasteiger partial charge >= 0.3 is 5.97 Å². The number of carboxylic acids is 1. The van der Waals surface area contributed by atoms with Crippen molar-refractivity contribution < 1.29 is 14.7 Å². The minimum atomic E-state index is -0.813. The van der Waals surface area contributed by atoms with Crippen LogP contribution >= 0.6 is 0 Å². The van der Waals surface area contributed by atoms with Gasteiger partial charge in [-0.25, -0.2) is 0 Å². The van der Waals surface area contributed by atoms with Gasteiger partial charge in [0.1, 0.15) is 0 Å². The van der Waals surface area contributed by atoms with E-state index in [4.69, 9.17) is 5.11 Å². The molecule has 15 heavy (non-hydrogen) atoms. The molecule has 0 spiro atoms. The quantitative estimate of drug-likeness (QED) is 0.719. The number of likely N-dealkylation sites (N-methyl/N-ethyl adjacent to an activating group) is 1. The van der Waals surface area contributed by atoms with Crippen molar-refractivity contribution in [2.75, 3.05) is 26.7 Å². The van der Waals surface area contributed by atoms with Crippen molar-refractivity contribution >= 4 is 11.9 Å². The van der Waals surface area contributed by atoms with Gasteiger partial charge in [0.2, 0.25) is 5.91 Å². The molecule has 1 N–H and O–H groups in total. The molecule has 0 aromatic heterocycles. The highest BCUT2D eigenvalue weighted by Crippen LogP contribution is 2.10. The standard InChI is InChI=1S/C10H18N2O3/c1-8-10(15)11(2)5-3-6-12(8)7-4-9(13)14/h8H,3-7H2,1-2H3,(H,13,14). The average molecular weight is 214 g/mol. The molecule has 1 saturated heterocycles. The van der Waals surface area contributed by atoms with Gasteiger partial charge in [-0.15, -0.1) is 0 Å². The summed E-state index contributed by atoms with van der Waals surface area (Å²) in [6.07, 6.45) is 1.01. The van der Waals surface area contributed by atoms with E-state index in [-0.39, 0.29) is 18.4 Å². The zero-order valence-corrected chi connectivity index (χ0v) is 9.27. The Labute approximate surface area is 89.7 Å². The molecule has 1 atom stereocenters. The molecule has 1 rings (SSSR count). The Hall–Kier alpha value is -1.10. The summed E-state index contributed by atoms with van der Waals surface area (Å²) in [5.41, 5.74) is 0. The molecule has 1 heterocycles. The lowest BCUT2D eigenvalue weighted by molar-refractivity contribution is -0.139. The molecule has 1 fully saturated rings. The summed E-state index contributed by atoms with van der Waals surface area (Å²) in [6, 6.07) is -0.197. The molecule has 86 valence electrons. The second-order valence-electron chi connectivity index (χ2n) is 3.97. The first kappa shape index (κ1) is 12.0. The minimum absolute atomic E-state index is 0.0814. The first-order valence-corrected chi connectivity index (χ1v) is 5.23. The van der Waals surface area contributed by atoms with Gasteiger partial charge in [-0.3, -0.25) is 14.5 Å². The van der Waals surface area contributed by atoms with E-state index in [1.807, 2.05) is 11.8 Å². The fraction of sp³-hybridized carbons (Fsp3) is 0.800. The SMILES string of the molecule is CC1C(=O)N(C)CCCN1CCC(=O)O. The third-order valence-corrected chi connectivity index (χ3v) is 2.83. The maximum absolute atomic E-state index is 11.7. The Morgan fingerprint density at radius 1 is 1.53 bits per heavy atom. The second-order valence-corrected chi connectivity index (χ2v) is 3.97. The van der Waals surface area contributed by atoms with Gasteiger partial charge in [0.25, 0.3) is 0 Å². The summed E-state index contributed by atoms with van der Waals surface area (Å²) in [5, 5.41) is 8.60. The molecule has 1 amide bonds. The molecular weight excluding hydrogens is 196 g/mol. The van der Waals surface area contributed by atoms with E-state index in [9.17, 15) is 9.59 Å². The Morgan fingerprint density at radius 2 is 2.20 bits per heavy atom. The highest BCUT2D eigenvalue weighted by molar-refractivity contribution is 5.81. The average Bonchev–Trinajstić information content (AvgIpc) is 2.29. The van der Waals surface area contributed by atoms with E-state index in [1.54, 1.807) is 11.9 Å². The smallest absolute Gasteiger partial charge is 0.304 e. The zero-order valence-electron chi connectivity index (χ0n) is 9.27. The van der Waals surface area contributed by atoms with E-state index in [0.29, 0.717) is 6.54 Å². The van der Waals surface area contributed by atoms with E-state index in [0.717, 1.165) is 19.5 Å². The Morgan fingerprint density at radius 3 is 2.80 bits per heavy atom. The van der Waals surface area contributed by atoms with Crippen molar-refractivity contribution in [1.82, 2.24) is 9.80 Å². The van der Waals surface area contributed by atoms with Crippen molar-refractivity contribution in [2.45, 2.75) is 25.8 Å². The molecule has 0 radical (unpaired) electrons. The van der Waals surface area contributed by atoms with Crippen LogP contribution < -0.4 is 0 Å². The maximum Gasteiger partial charge on any atom is 0.304 e. The summed E-state index contributed by atoms with van der Waals surface area (Å²) in [7, 11) is 1.79. The third-order valence-electron chi connectivity index (χ3n) is 2.83. The monoisotopic (exact) mass is 214 g/mol. The zero-order chi connectivity index (χ0) is 11.4. The molecule has 5 heteroatoms. The maximum atomic E-state index is 11.7. The summed E-state index contributed by atoms with van der Waals surface area (Å²) < 4.78 is 0. The number of hydrogen-bond acceptors (Lipinski definition) is 3. The minimum Gasteiger partial charge on any atom is -0.481 e. The van der Waals surface area contributed by atoms with Gasteiger partial charge in [-0.1, -0.05) is 0 Å². The Kier molecular flexibility index (Phi) is 4.08. The van der Waals surface area contributed by atoms with Crippen LogP contribution in [0.5, 0.6) is 0 Å². The van der Waals surface area contributed by atoms with Gasteiger partial charge in [-0.05, 0) is 13.3 Å². The van der Waals surface area contributed by atoms with Crippen molar-refractivity contribution in [3.05, 3.63) is 0 Å². The van der Waals surface area contributed by atoms with Crippen molar-refractivity contribution in [1.29, 1.82) is 0 Å². The lowest BCUT2D eigenvalue weighted by Gasteiger charge is -2.25. The predicted molar refractivity (Wildman–Crippen MR) is 55.5 cm³/mol. The Balaban J connectivity index is 2.56. The molecular formula is C10H18N2O3. The summed E-state index contributed by atoms with van der Waals surface area (Å²) >= 11 is 0. The van der Waals surface area contributed by atoms with E-state index in [1.165, 1.54) is 0 Å².